The van der Waals surface area contributed by atoms with E-state index in [1.165, 1.54) is 0 Å². The molecule has 3 fully saturated rings. The number of hydrogen-bond donors (Lipinski definition) is 0. The highest BCUT2D eigenvalue weighted by Crippen LogP contribution is 2.36. The van der Waals surface area contributed by atoms with Gasteiger partial charge in [-0.1, -0.05) is 0 Å². The molecule has 10 heteroatoms. The molecule has 4 heterocycles. The Balaban J connectivity index is 1.26. The molecule has 0 unspecified atom stereocenters. The molecule has 3 aliphatic heterocycles. The van der Waals surface area contributed by atoms with Gasteiger partial charge in [0.2, 0.25) is 5.91 Å². The molecule has 3 aliphatic rings. The van der Waals surface area contributed by atoms with Crippen LogP contribution in [0.3, 0.4) is 0 Å². The zero-order chi connectivity index (χ0) is 24.2. The number of piperidine rings is 1. The number of amides is 2. The van der Waals surface area contributed by atoms with Gasteiger partial charge in [0, 0.05) is 44.0 Å². The number of rotatable bonds is 3. The van der Waals surface area contributed by atoms with Crippen LogP contribution in [0.5, 0.6) is 0 Å². The van der Waals surface area contributed by atoms with Crippen molar-refractivity contribution in [3.8, 4) is 0 Å². The van der Waals surface area contributed by atoms with Gasteiger partial charge >= 0.3 is 13.2 Å². The summed E-state index contributed by atoms with van der Waals surface area (Å²) in [5.74, 6) is 0.000350. The van der Waals surface area contributed by atoms with E-state index in [4.69, 9.17) is 14.0 Å². The lowest BCUT2D eigenvalue weighted by Crippen LogP contribution is -2.58. The van der Waals surface area contributed by atoms with Crippen LogP contribution in [0, 0.1) is 5.92 Å². The molecule has 1 aromatic heterocycles. The number of carbonyl (C=O) groups is 2. The average Bonchev–Trinajstić information content (AvgIpc) is 3.22. The second-order valence-electron chi connectivity index (χ2n) is 11.5. The van der Waals surface area contributed by atoms with Gasteiger partial charge in [0.1, 0.15) is 5.60 Å². The molecule has 2 amide bonds. The van der Waals surface area contributed by atoms with Crippen LogP contribution in [0.1, 0.15) is 67.3 Å². The van der Waals surface area contributed by atoms with Crippen LogP contribution in [0.2, 0.25) is 0 Å². The topological polar surface area (TPSA) is 86.1 Å². The van der Waals surface area contributed by atoms with Gasteiger partial charge in [0.25, 0.3) is 0 Å². The summed E-state index contributed by atoms with van der Waals surface area (Å²) >= 11 is 0. The Morgan fingerprint density at radius 3 is 2.18 bits per heavy atom. The van der Waals surface area contributed by atoms with Gasteiger partial charge < -0.3 is 23.8 Å². The van der Waals surface area contributed by atoms with Crippen molar-refractivity contribution in [2.45, 2.75) is 84.2 Å². The van der Waals surface area contributed by atoms with Crippen molar-refractivity contribution in [2.24, 2.45) is 5.92 Å². The highest BCUT2D eigenvalue weighted by Gasteiger charge is 2.52. The standard InChI is InChI=1S/C23H37BN4O5/c1-21(2,3)31-20(30)27-13-16(14-27)19(29)26-10-8-18(9-11-26)28-15-17(12-25-28)24-32-22(4,5)23(6,7)33-24/h12,15-16,18H,8-11,13-14H2,1-7H3. The van der Waals surface area contributed by atoms with Gasteiger partial charge in [-0.2, -0.15) is 5.10 Å². The second kappa shape index (κ2) is 8.30. The Hall–Kier alpha value is -2.07. The summed E-state index contributed by atoms with van der Waals surface area (Å²) in [5.41, 5.74) is -0.370. The van der Waals surface area contributed by atoms with Crippen LogP contribution in [0.4, 0.5) is 4.79 Å². The van der Waals surface area contributed by atoms with E-state index in [0.29, 0.717) is 26.2 Å². The molecular formula is C23H37BN4O5. The van der Waals surface area contributed by atoms with Crippen LogP contribution in [-0.4, -0.2) is 81.7 Å². The fraction of sp³-hybridized carbons (Fsp3) is 0.783. The zero-order valence-corrected chi connectivity index (χ0v) is 21.0. The predicted molar refractivity (Wildman–Crippen MR) is 124 cm³/mol. The first kappa shape index (κ1) is 24.1. The SMILES string of the molecule is CC(C)(C)OC(=O)N1CC(C(=O)N2CCC(n3cc(B4OC(C)(C)C(C)(C)O4)cn3)CC2)C1. The minimum Gasteiger partial charge on any atom is -0.444 e. The van der Waals surface area contributed by atoms with Crippen molar-refractivity contribution in [3.05, 3.63) is 12.4 Å². The molecular weight excluding hydrogens is 423 g/mol. The van der Waals surface area contributed by atoms with Crippen molar-refractivity contribution in [1.29, 1.82) is 0 Å². The Morgan fingerprint density at radius 2 is 1.64 bits per heavy atom. The van der Waals surface area contributed by atoms with Gasteiger partial charge in [-0.15, -0.1) is 0 Å². The summed E-state index contributed by atoms with van der Waals surface area (Å²) < 4.78 is 19.6. The number of nitrogens with zero attached hydrogens (tertiary/aromatic N) is 4. The van der Waals surface area contributed by atoms with Gasteiger partial charge in [-0.25, -0.2) is 4.79 Å². The van der Waals surface area contributed by atoms with Gasteiger partial charge in [0.05, 0.1) is 23.2 Å². The first-order valence-electron chi connectivity index (χ1n) is 11.9. The monoisotopic (exact) mass is 460 g/mol. The molecule has 0 aliphatic carbocycles. The lowest BCUT2D eigenvalue weighted by atomic mass is 9.82. The molecule has 0 N–H and O–H groups in total. The van der Waals surface area contributed by atoms with Gasteiger partial charge in [-0.05, 0) is 61.3 Å². The third kappa shape index (κ3) is 4.92. The van der Waals surface area contributed by atoms with E-state index >= 15 is 0 Å². The fourth-order valence-corrected chi connectivity index (χ4v) is 4.37. The van der Waals surface area contributed by atoms with Crippen LogP contribution >= 0.6 is 0 Å². The van der Waals surface area contributed by atoms with Crippen molar-refractivity contribution < 1.29 is 23.6 Å². The van der Waals surface area contributed by atoms with Crippen molar-refractivity contribution in [2.75, 3.05) is 26.2 Å². The Morgan fingerprint density at radius 1 is 1.06 bits per heavy atom. The van der Waals surface area contributed by atoms with Crippen LogP contribution in [0.15, 0.2) is 12.4 Å². The Kier molecular flexibility index (Phi) is 6.06. The lowest BCUT2D eigenvalue weighted by molar-refractivity contribution is -0.141. The van der Waals surface area contributed by atoms with E-state index in [1.54, 1.807) is 4.90 Å². The van der Waals surface area contributed by atoms with E-state index in [0.717, 1.165) is 18.3 Å². The van der Waals surface area contributed by atoms with Crippen LogP contribution < -0.4 is 5.46 Å². The van der Waals surface area contributed by atoms with E-state index in [9.17, 15) is 9.59 Å². The normalized spacial score (nSPS) is 23.5. The van der Waals surface area contributed by atoms with Gasteiger partial charge in [0.15, 0.2) is 0 Å². The Bertz CT molecular complexity index is 879. The number of aromatic nitrogens is 2. The molecule has 0 saturated carbocycles. The second-order valence-corrected chi connectivity index (χ2v) is 11.5. The van der Waals surface area contributed by atoms with E-state index < -0.39 is 12.7 Å². The molecule has 3 saturated heterocycles. The van der Waals surface area contributed by atoms with E-state index in [-0.39, 0.29) is 35.2 Å². The fourth-order valence-electron chi connectivity index (χ4n) is 4.37. The van der Waals surface area contributed by atoms with Crippen LogP contribution in [0.25, 0.3) is 0 Å². The maximum absolute atomic E-state index is 12.9. The highest BCUT2D eigenvalue weighted by atomic mass is 16.7. The van der Waals surface area contributed by atoms with Crippen LogP contribution in [-0.2, 0) is 18.8 Å². The molecule has 0 atom stereocenters. The zero-order valence-electron chi connectivity index (χ0n) is 21.0. The summed E-state index contributed by atoms with van der Waals surface area (Å²) in [5, 5.41) is 4.57. The largest absolute Gasteiger partial charge is 0.498 e. The number of carbonyl (C=O) groups excluding carboxylic acids is 2. The molecule has 4 rings (SSSR count). The molecule has 0 spiro atoms. The molecule has 0 bridgehead atoms. The molecule has 182 valence electrons. The number of likely N-dealkylation sites (tertiary alicyclic amines) is 2. The quantitative estimate of drug-likeness (QED) is 0.643. The minimum atomic E-state index is -0.525. The summed E-state index contributed by atoms with van der Waals surface area (Å²) in [6, 6.07) is 0.241. The van der Waals surface area contributed by atoms with Crippen molar-refractivity contribution in [3.63, 3.8) is 0 Å². The molecule has 0 aromatic carbocycles. The molecule has 33 heavy (non-hydrogen) atoms. The summed E-state index contributed by atoms with van der Waals surface area (Å²) in [6.45, 7) is 15.9. The third-order valence-electron chi connectivity index (χ3n) is 7.18. The molecule has 0 radical (unpaired) electrons. The summed E-state index contributed by atoms with van der Waals surface area (Å²) in [6.07, 6.45) is 5.17. The number of hydrogen-bond acceptors (Lipinski definition) is 6. The van der Waals surface area contributed by atoms with Gasteiger partial charge in [-0.3, -0.25) is 9.48 Å². The minimum absolute atomic E-state index is 0.131. The third-order valence-corrected chi connectivity index (χ3v) is 7.18. The maximum atomic E-state index is 12.9. The molecule has 1 aromatic rings. The van der Waals surface area contributed by atoms with Crippen molar-refractivity contribution >= 4 is 24.6 Å². The smallest absolute Gasteiger partial charge is 0.444 e. The first-order valence-corrected chi connectivity index (χ1v) is 11.9. The lowest BCUT2D eigenvalue weighted by Gasteiger charge is -2.42. The summed E-state index contributed by atoms with van der Waals surface area (Å²) in [4.78, 5) is 28.5. The first-order chi connectivity index (χ1) is 15.3. The number of ether oxygens (including phenoxy) is 1. The van der Waals surface area contributed by atoms with E-state index in [1.807, 2.05) is 70.4 Å². The average molecular weight is 460 g/mol. The van der Waals surface area contributed by atoms with E-state index in [2.05, 4.69) is 5.10 Å². The maximum Gasteiger partial charge on any atom is 0.498 e. The van der Waals surface area contributed by atoms with Crippen molar-refractivity contribution in [1.82, 2.24) is 19.6 Å². The highest BCUT2D eigenvalue weighted by molar-refractivity contribution is 6.62. The molecule has 9 nitrogen and oxygen atoms in total. The predicted octanol–water partition coefficient (Wildman–Crippen LogP) is 2.21. The summed E-state index contributed by atoms with van der Waals surface area (Å²) in [7, 11) is -0.419. The Labute approximate surface area is 196 Å².